The molecule has 1 unspecified atom stereocenters. The average Bonchev–Trinajstić information content (AvgIpc) is 2.52. The quantitative estimate of drug-likeness (QED) is 0.630. The van der Waals surface area contributed by atoms with E-state index in [1.165, 1.54) is 25.3 Å². The summed E-state index contributed by atoms with van der Waals surface area (Å²) >= 11 is 0. The number of nitrogens with zero attached hydrogens (tertiary/aromatic N) is 1. The van der Waals surface area contributed by atoms with Crippen LogP contribution in [0.15, 0.2) is 48.5 Å². The van der Waals surface area contributed by atoms with Crippen LogP contribution in [0.5, 0.6) is 5.75 Å². The molecule has 1 atom stereocenters. The predicted octanol–water partition coefficient (Wildman–Crippen LogP) is 2.75. The Balaban J connectivity index is 2.13. The lowest BCUT2D eigenvalue weighted by Gasteiger charge is -2.13. The molecule has 2 N–H and O–H groups in total. The molecule has 0 amide bonds. The van der Waals surface area contributed by atoms with Gasteiger partial charge in [-0.15, -0.1) is 0 Å². The highest BCUT2D eigenvalue weighted by atomic mass is 16.6. The molecule has 0 aliphatic rings. The van der Waals surface area contributed by atoms with Gasteiger partial charge in [0.25, 0.3) is 5.69 Å². The lowest BCUT2D eigenvalue weighted by Crippen LogP contribution is -2.13. The molecule has 0 saturated heterocycles. The van der Waals surface area contributed by atoms with E-state index in [2.05, 4.69) is 5.32 Å². The van der Waals surface area contributed by atoms with Crippen LogP contribution in [0.4, 0.5) is 11.4 Å². The maximum atomic E-state index is 11.0. The van der Waals surface area contributed by atoms with Gasteiger partial charge in [-0.3, -0.25) is 10.1 Å². The number of nitro groups is 1. The topological polar surface area (TPSA) is 84.6 Å². The molecule has 6 nitrogen and oxygen atoms in total. The lowest BCUT2D eigenvalue weighted by molar-refractivity contribution is -0.384. The number of hydrogen-bond acceptors (Lipinski definition) is 5. The summed E-state index contributed by atoms with van der Waals surface area (Å²) in [6.45, 7) is 0.165. The van der Waals surface area contributed by atoms with Crippen molar-refractivity contribution in [2.45, 2.75) is 6.10 Å². The van der Waals surface area contributed by atoms with Crippen molar-refractivity contribution in [3.05, 3.63) is 64.2 Å². The Hall–Kier alpha value is -2.60. The SMILES string of the molecule is COc1ccc([N+](=O)[O-])c(NCC(O)c2ccccc2)c1. The number of hydrogen-bond donors (Lipinski definition) is 2. The first kappa shape index (κ1) is 14.8. The van der Waals surface area contributed by atoms with Gasteiger partial charge in [0, 0.05) is 18.7 Å². The molecule has 0 aliphatic heterocycles. The van der Waals surface area contributed by atoms with Crippen LogP contribution in [-0.4, -0.2) is 23.7 Å². The molecule has 0 fully saturated rings. The monoisotopic (exact) mass is 288 g/mol. The second kappa shape index (κ2) is 6.71. The van der Waals surface area contributed by atoms with Crippen LogP contribution < -0.4 is 10.1 Å². The third-order valence-electron chi connectivity index (χ3n) is 3.07. The van der Waals surface area contributed by atoms with Crippen LogP contribution in [0, 0.1) is 10.1 Å². The Kier molecular flexibility index (Phi) is 4.73. The number of rotatable bonds is 6. The first-order valence-corrected chi connectivity index (χ1v) is 6.41. The third kappa shape index (κ3) is 3.70. The fourth-order valence-electron chi connectivity index (χ4n) is 1.94. The van der Waals surface area contributed by atoms with Crippen molar-refractivity contribution >= 4 is 11.4 Å². The highest BCUT2D eigenvalue weighted by Gasteiger charge is 2.16. The van der Waals surface area contributed by atoms with Crippen molar-refractivity contribution in [2.24, 2.45) is 0 Å². The molecule has 2 rings (SSSR count). The smallest absolute Gasteiger partial charge is 0.292 e. The first-order chi connectivity index (χ1) is 10.1. The molecule has 2 aromatic rings. The van der Waals surface area contributed by atoms with Gasteiger partial charge in [0.15, 0.2) is 0 Å². The number of anilines is 1. The summed E-state index contributed by atoms with van der Waals surface area (Å²) in [5.41, 5.74) is 1.00. The van der Waals surface area contributed by atoms with Crippen molar-refractivity contribution in [1.29, 1.82) is 0 Å². The summed E-state index contributed by atoms with van der Waals surface area (Å²) in [7, 11) is 1.49. The van der Waals surface area contributed by atoms with E-state index in [0.717, 1.165) is 5.56 Å². The zero-order valence-electron chi connectivity index (χ0n) is 11.5. The van der Waals surface area contributed by atoms with Gasteiger partial charge in [-0.05, 0) is 11.6 Å². The number of nitro benzene ring substituents is 1. The molecule has 6 heteroatoms. The third-order valence-corrected chi connectivity index (χ3v) is 3.07. The van der Waals surface area contributed by atoms with Crippen LogP contribution in [0.3, 0.4) is 0 Å². The van der Waals surface area contributed by atoms with E-state index < -0.39 is 11.0 Å². The summed E-state index contributed by atoms with van der Waals surface area (Å²) in [5, 5.41) is 24.0. The minimum Gasteiger partial charge on any atom is -0.497 e. The van der Waals surface area contributed by atoms with Crippen molar-refractivity contribution in [1.82, 2.24) is 0 Å². The molecular weight excluding hydrogens is 272 g/mol. The normalized spacial score (nSPS) is 11.7. The van der Waals surface area contributed by atoms with E-state index >= 15 is 0 Å². The number of benzene rings is 2. The largest absolute Gasteiger partial charge is 0.497 e. The average molecular weight is 288 g/mol. The van der Waals surface area contributed by atoms with Crippen LogP contribution in [0.25, 0.3) is 0 Å². The Morgan fingerprint density at radius 1 is 1.29 bits per heavy atom. The van der Waals surface area contributed by atoms with Gasteiger partial charge in [-0.25, -0.2) is 0 Å². The summed E-state index contributed by atoms with van der Waals surface area (Å²) < 4.78 is 5.06. The Morgan fingerprint density at radius 2 is 2.00 bits per heavy atom. The maximum absolute atomic E-state index is 11.0. The molecule has 0 bridgehead atoms. The van der Waals surface area contributed by atoms with Crippen LogP contribution in [0.2, 0.25) is 0 Å². The Morgan fingerprint density at radius 3 is 2.62 bits per heavy atom. The minimum absolute atomic E-state index is 0.0592. The molecule has 0 aliphatic carbocycles. The summed E-state index contributed by atoms with van der Waals surface area (Å²) in [4.78, 5) is 10.5. The van der Waals surface area contributed by atoms with Crippen molar-refractivity contribution in [2.75, 3.05) is 19.0 Å². The fraction of sp³-hybridized carbons (Fsp3) is 0.200. The highest BCUT2D eigenvalue weighted by Crippen LogP contribution is 2.29. The van der Waals surface area contributed by atoms with Crippen LogP contribution in [0.1, 0.15) is 11.7 Å². The molecule has 2 aromatic carbocycles. The molecular formula is C15H16N2O4. The second-order valence-corrected chi connectivity index (χ2v) is 4.45. The standard InChI is InChI=1S/C15H16N2O4/c1-21-12-7-8-14(17(19)20)13(9-12)16-10-15(18)11-5-3-2-4-6-11/h2-9,15-16,18H,10H2,1H3. The molecule has 0 heterocycles. The minimum atomic E-state index is -0.753. The maximum Gasteiger partial charge on any atom is 0.292 e. The van der Waals surface area contributed by atoms with Gasteiger partial charge in [-0.1, -0.05) is 30.3 Å². The number of ether oxygens (including phenoxy) is 1. The van der Waals surface area contributed by atoms with Gasteiger partial charge in [-0.2, -0.15) is 0 Å². The van der Waals surface area contributed by atoms with Crippen molar-refractivity contribution in [3.8, 4) is 5.75 Å². The van der Waals surface area contributed by atoms with Crippen LogP contribution >= 0.6 is 0 Å². The van der Waals surface area contributed by atoms with E-state index in [1.54, 1.807) is 12.1 Å². The number of aliphatic hydroxyl groups is 1. The molecule has 0 radical (unpaired) electrons. The molecule has 0 saturated carbocycles. The van der Waals surface area contributed by atoms with Crippen molar-refractivity contribution < 1.29 is 14.8 Å². The van der Waals surface area contributed by atoms with Gasteiger partial charge < -0.3 is 15.2 Å². The van der Waals surface area contributed by atoms with Crippen LogP contribution in [-0.2, 0) is 0 Å². The molecule has 0 spiro atoms. The van der Waals surface area contributed by atoms with Crippen molar-refractivity contribution in [3.63, 3.8) is 0 Å². The van der Waals surface area contributed by atoms with E-state index in [0.29, 0.717) is 11.4 Å². The molecule has 110 valence electrons. The van der Waals surface area contributed by atoms with Gasteiger partial charge in [0.2, 0.25) is 0 Å². The van der Waals surface area contributed by atoms with Gasteiger partial charge >= 0.3 is 0 Å². The second-order valence-electron chi connectivity index (χ2n) is 4.45. The fourth-order valence-corrected chi connectivity index (χ4v) is 1.94. The van der Waals surface area contributed by atoms with Gasteiger partial charge in [0.05, 0.1) is 18.1 Å². The lowest BCUT2D eigenvalue weighted by atomic mass is 10.1. The molecule has 21 heavy (non-hydrogen) atoms. The van der Waals surface area contributed by atoms with E-state index in [4.69, 9.17) is 4.74 Å². The number of methoxy groups -OCH3 is 1. The number of nitrogens with one attached hydrogen (secondary N) is 1. The number of aliphatic hydroxyl groups excluding tert-OH is 1. The zero-order valence-corrected chi connectivity index (χ0v) is 11.5. The predicted molar refractivity (Wildman–Crippen MR) is 79.5 cm³/mol. The summed E-state index contributed by atoms with van der Waals surface area (Å²) in [6.07, 6.45) is -0.753. The van der Waals surface area contributed by atoms with E-state index in [1.807, 2.05) is 18.2 Å². The summed E-state index contributed by atoms with van der Waals surface area (Å²) in [6, 6.07) is 13.5. The Labute approximate surface area is 122 Å². The van der Waals surface area contributed by atoms with Gasteiger partial charge in [0.1, 0.15) is 11.4 Å². The summed E-state index contributed by atoms with van der Waals surface area (Å²) in [5.74, 6) is 0.511. The Bertz CT molecular complexity index is 616. The first-order valence-electron chi connectivity index (χ1n) is 6.41. The highest BCUT2D eigenvalue weighted by molar-refractivity contribution is 5.64. The zero-order chi connectivity index (χ0) is 15.2. The molecule has 0 aromatic heterocycles. The van der Waals surface area contributed by atoms with E-state index in [-0.39, 0.29) is 12.2 Å². The van der Waals surface area contributed by atoms with E-state index in [9.17, 15) is 15.2 Å².